The lowest BCUT2D eigenvalue weighted by Gasteiger charge is -2.26. The zero-order chi connectivity index (χ0) is 33.6. The fourth-order valence-electron chi connectivity index (χ4n) is 5.54. The molecule has 4 aromatic carbocycles. The van der Waals surface area contributed by atoms with Crippen molar-refractivity contribution < 1.29 is 23.7 Å². The number of aromatic nitrogens is 1. The average Bonchev–Trinajstić information content (AvgIpc) is 3.44. The van der Waals surface area contributed by atoms with Crippen molar-refractivity contribution in [1.82, 2.24) is 4.57 Å². The summed E-state index contributed by atoms with van der Waals surface area (Å²) in [5, 5.41) is 9.43. The predicted octanol–water partition coefficient (Wildman–Crippen LogP) is 5.40. The Kier molecular flexibility index (Phi) is 9.50. The minimum atomic E-state index is -0.868. The number of carbonyl (C=O) groups is 1. The zero-order valence-corrected chi connectivity index (χ0v) is 27.3. The van der Waals surface area contributed by atoms with Gasteiger partial charge in [0.15, 0.2) is 16.3 Å². The molecule has 10 heteroatoms. The number of ether oxygens (including phenoxy) is 4. The number of esters is 1. The maximum absolute atomic E-state index is 14.3. The molecule has 240 valence electrons. The summed E-state index contributed by atoms with van der Waals surface area (Å²) in [5.41, 5.74) is 3.75. The summed E-state index contributed by atoms with van der Waals surface area (Å²) in [4.78, 5) is 33.4. The average molecular weight is 658 g/mol. The smallest absolute Gasteiger partial charge is 0.338 e. The zero-order valence-electron chi connectivity index (χ0n) is 26.5. The summed E-state index contributed by atoms with van der Waals surface area (Å²) in [7, 11) is 3.08. The van der Waals surface area contributed by atoms with Gasteiger partial charge >= 0.3 is 5.97 Å². The summed E-state index contributed by atoms with van der Waals surface area (Å²) in [5.74, 6) is 0.977. The monoisotopic (exact) mass is 657 g/mol. The summed E-state index contributed by atoms with van der Waals surface area (Å²) >= 11 is 1.23. The molecule has 0 bridgehead atoms. The molecule has 6 rings (SSSR count). The molecule has 0 aliphatic carbocycles. The largest absolute Gasteiger partial charge is 0.493 e. The Morgan fingerprint density at radius 3 is 2.48 bits per heavy atom. The van der Waals surface area contributed by atoms with E-state index in [-0.39, 0.29) is 24.3 Å². The third-order valence-corrected chi connectivity index (χ3v) is 8.77. The number of fused-ring (bicyclic) bond motifs is 1. The molecule has 2 heterocycles. The van der Waals surface area contributed by atoms with Gasteiger partial charge in [-0.3, -0.25) is 9.36 Å². The lowest BCUT2D eigenvalue weighted by Crippen LogP contribution is -2.40. The van der Waals surface area contributed by atoms with Gasteiger partial charge in [-0.1, -0.05) is 78.1 Å². The highest BCUT2D eigenvalue weighted by Crippen LogP contribution is 2.38. The van der Waals surface area contributed by atoms with Gasteiger partial charge in [-0.25, -0.2) is 9.79 Å². The number of methoxy groups -OCH3 is 2. The van der Waals surface area contributed by atoms with Gasteiger partial charge in [-0.2, -0.15) is 5.26 Å². The number of hydrogen-bond acceptors (Lipinski definition) is 9. The van der Waals surface area contributed by atoms with E-state index in [9.17, 15) is 14.9 Å². The molecule has 1 aromatic heterocycles. The van der Waals surface area contributed by atoms with Crippen molar-refractivity contribution in [1.29, 1.82) is 5.26 Å². The maximum Gasteiger partial charge on any atom is 0.338 e. The molecule has 0 unspecified atom stereocenters. The van der Waals surface area contributed by atoms with Crippen LogP contribution >= 0.6 is 11.3 Å². The molecule has 0 saturated carbocycles. The third-order valence-electron chi connectivity index (χ3n) is 7.79. The Morgan fingerprint density at radius 1 is 0.958 bits per heavy atom. The second-order valence-electron chi connectivity index (χ2n) is 10.7. The van der Waals surface area contributed by atoms with Crippen LogP contribution in [0, 0.1) is 11.3 Å². The Bertz CT molecular complexity index is 2250. The van der Waals surface area contributed by atoms with E-state index in [0.717, 1.165) is 11.1 Å². The van der Waals surface area contributed by atoms with Crippen LogP contribution in [-0.2, 0) is 16.1 Å². The Hall–Kier alpha value is -5.92. The van der Waals surface area contributed by atoms with Crippen molar-refractivity contribution in [3.05, 3.63) is 150 Å². The number of rotatable bonds is 10. The second-order valence-corrected chi connectivity index (χ2v) is 11.7. The highest BCUT2D eigenvalue weighted by molar-refractivity contribution is 7.07. The predicted molar refractivity (Wildman–Crippen MR) is 183 cm³/mol. The van der Waals surface area contributed by atoms with E-state index in [1.165, 1.54) is 23.0 Å². The van der Waals surface area contributed by atoms with E-state index in [1.807, 2.05) is 78.9 Å². The van der Waals surface area contributed by atoms with Crippen LogP contribution in [0.4, 0.5) is 0 Å². The van der Waals surface area contributed by atoms with Crippen molar-refractivity contribution >= 4 is 29.1 Å². The number of carbonyl (C=O) groups excluding carboxylic acids is 1. The first-order valence-corrected chi connectivity index (χ1v) is 16.0. The topological polar surface area (TPSA) is 112 Å². The number of nitriles is 1. The van der Waals surface area contributed by atoms with Gasteiger partial charge in [-0.15, -0.1) is 0 Å². The van der Waals surface area contributed by atoms with Crippen molar-refractivity contribution in [3.63, 3.8) is 0 Å². The maximum atomic E-state index is 14.3. The lowest BCUT2D eigenvalue weighted by molar-refractivity contribution is -0.138. The van der Waals surface area contributed by atoms with Crippen LogP contribution < -0.4 is 29.1 Å². The molecule has 1 aliphatic heterocycles. The molecule has 0 radical (unpaired) electrons. The molecule has 5 aromatic rings. The van der Waals surface area contributed by atoms with Gasteiger partial charge in [0.25, 0.3) is 5.56 Å². The molecule has 48 heavy (non-hydrogen) atoms. The van der Waals surface area contributed by atoms with Crippen LogP contribution in [0.1, 0.15) is 40.8 Å². The SMILES string of the molecule is CCOC(=O)C1=C(c2ccccc2)N=c2s/c(=C\c3cccc(OCc4ccccc4C#N)c3)c(=O)n2[C@H]1c1ccc(OC)c(OC)c1. The minimum Gasteiger partial charge on any atom is -0.493 e. The Balaban J connectivity index is 1.50. The molecule has 1 aliphatic rings. The number of benzene rings is 4. The van der Waals surface area contributed by atoms with Gasteiger partial charge in [-0.05, 0) is 54.5 Å². The van der Waals surface area contributed by atoms with Crippen LogP contribution in [0.5, 0.6) is 17.2 Å². The van der Waals surface area contributed by atoms with Gasteiger partial charge in [0.05, 0.1) is 54.3 Å². The summed E-state index contributed by atoms with van der Waals surface area (Å²) in [6.07, 6.45) is 1.78. The fourth-order valence-corrected chi connectivity index (χ4v) is 6.54. The van der Waals surface area contributed by atoms with Gasteiger partial charge < -0.3 is 18.9 Å². The molecular weight excluding hydrogens is 627 g/mol. The molecular formula is C38H31N3O6S. The second kappa shape index (κ2) is 14.2. The molecule has 0 N–H and O–H groups in total. The first kappa shape index (κ1) is 32.0. The van der Waals surface area contributed by atoms with Crippen LogP contribution in [0.15, 0.2) is 112 Å². The highest BCUT2D eigenvalue weighted by atomic mass is 32.1. The molecule has 9 nitrogen and oxygen atoms in total. The van der Waals surface area contributed by atoms with Crippen molar-refractivity contribution in [2.45, 2.75) is 19.6 Å². The summed E-state index contributed by atoms with van der Waals surface area (Å²) < 4.78 is 24.6. The van der Waals surface area contributed by atoms with Crippen LogP contribution in [0.2, 0.25) is 0 Å². The summed E-state index contributed by atoms with van der Waals surface area (Å²) in [6, 6.07) is 30.7. The van der Waals surface area contributed by atoms with Gasteiger partial charge in [0.1, 0.15) is 12.4 Å². The Morgan fingerprint density at radius 2 is 1.73 bits per heavy atom. The molecule has 0 fully saturated rings. The fraction of sp³-hybridized carbons (Fsp3) is 0.158. The standard InChI is InChI=1S/C38H31N3O6S/c1-4-46-37(43)33-34(25-12-6-5-7-13-25)40-38-41(35(33)26-17-18-30(44-2)31(21-26)45-3)36(42)32(48-38)20-24-11-10-16-29(19-24)47-23-28-15-9-8-14-27(28)22-39/h5-21,35H,4,23H2,1-3H3/b32-20-/t35-/m0/s1. The van der Waals surface area contributed by atoms with Crippen LogP contribution in [0.25, 0.3) is 11.8 Å². The number of nitrogens with zero attached hydrogens (tertiary/aromatic N) is 3. The van der Waals surface area contributed by atoms with E-state index in [4.69, 9.17) is 23.9 Å². The van der Waals surface area contributed by atoms with Crippen molar-refractivity contribution in [2.75, 3.05) is 20.8 Å². The normalized spacial score (nSPS) is 14.0. The molecule has 1 atom stereocenters. The van der Waals surface area contributed by atoms with Crippen LogP contribution in [-0.4, -0.2) is 31.4 Å². The first-order valence-electron chi connectivity index (χ1n) is 15.2. The van der Waals surface area contributed by atoms with Crippen molar-refractivity contribution in [2.24, 2.45) is 4.99 Å². The molecule has 0 amide bonds. The third kappa shape index (κ3) is 6.36. The highest BCUT2D eigenvalue weighted by Gasteiger charge is 2.35. The number of thiazole rings is 1. The summed E-state index contributed by atoms with van der Waals surface area (Å²) in [6.45, 7) is 2.11. The minimum absolute atomic E-state index is 0.147. The van der Waals surface area contributed by atoms with Gasteiger partial charge in [0.2, 0.25) is 0 Å². The van der Waals surface area contributed by atoms with Gasteiger partial charge in [0, 0.05) is 11.1 Å². The van der Waals surface area contributed by atoms with E-state index in [2.05, 4.69) is 6.07 Å². The van der Waals surface area contributed by atoms with Crippen molar-refractivity contribution in [3.8, 4) is 23.3 Å². The van der Waals surface area contributed by atoms with E-state index in [1.54, 1.807) is 38.3 Å². The number of hydrogen-bond donors (Lipinski definition) is 0. The van der Waals surface area contributed by atoms with E-state index < -0.39 is 12.0 Å². The molecule has 0 spiro atoms. The first-order chi connectivity index (χ1) is 23.4. The lowest BCUT2D eigenvalue weighted by atomic mass is 9.93. The molecule has 0 saturated heterocycles. The van der Waals surface area contributed by atoms with Crippen LogP contribution in [0.3, 0.4) is 0 Å². The Labute approximate surface area is 280 Å². The van der Waals surface area contributed by atoms with E-state index in [0.29, 0.717) is 49.0 Å². The van der Waals surface area contributed by atoms with E-state index >= 15 is 0 Å². The quantitative estimate of drug-likeness (QED) is 0.185.